The van der Waals surface area contributed by atoms with Crippen molar-refractivity contribution in [1.29, 1.82) is 0 Å². The van der Waals surface area contributed by atoms with Crippen molar-refractivity contribution in [3.8, 4) is 11.3 Å². The van der Waals surface area contributed by atoms with Gasteiger partial charge in [0.1, 0.15) is 11.5 Å². The molecule has 2 heterocycles. The Balaban J connectivity index is 1.56. The molecule has 1 N–H and O–H groups in total. The van der Waals surface area contributed by atoms with Crippen molar-refractivity contribution >= 4 is 17.2 Å². The Bertz CT molecular complexity index is 1100. The Morgan fingerprint density at radius 3 is 2.62 bits per heavy atom. The van der Waals surface area contributed by atoms with Gasteiger partial charge in [0.15, 0.2) is 0 Å². The van der Waals surface area contributed by atoms with Gasteiger partial charge in [0.2, 0.25) is 0 Å². The number of benzene rings is 2. The fourth-order valence-corrected chi connectivity index (χ4v) is 2.85. The molecule has 0 spiro atoms. The van der Waals surface area contributed by atoms with Gasteiger partial charge in [-0.3, -0.25) is 4.79 Å². The number of carbonyl (C=O) groups excluding carboxylic acids is 1. The Labute approximate surface area is 149 Å². The number of nitrogens with one attached hydrogen (secondary N) is 1. The topological polar surface area (TPSA) is 46.4 Å². The average molecular weight is 345 g/mol. The van der Waals surface area contributed by atoms with Gasteiger partial charge in [-0.05, 0) is 48.9 Å². The fourth-order valence-electron chi connectivity index (χ4n) is 2.85. The molecule has 4 rings (SSSR count). The van der Waals surface area contributed by atoms with Gasteiger partial charge >= 0.3 is 0 Å². The lowest BCUT2D eigenvalue weighted by Crippen LogP contribution is -2.11. The van der Waals surface area contributed by atoms with Crippen molar-refractivity contribution in [1.82, 2.24) is 9.38 Å². The first-order valence-electron chi connectivity index (χ1n) is 8.22. The number of aryl methyl sites for hydroxylation is 1. The van der Waals surface area contributed by atoms with E-state index in [2.05, 4.69) is 10.3 Å². The quantitative estimate of drug-likeness (QED) is 0.585. The van der Waals surface area contributed by atoms with Gasteiger partial charge < -0.3 is 9.72 Å². The number of pyridine rings is 1. The predicted molar refractivity (Wildman–Crippen MR) is 99.7 cm³/mol. The van der Waals surface area contributed by atoms with Crippen LogP contribution in [0, 0.1) is 12.7 Å². The van der Waals surface area contributed by atoms with Crippen molar-refractivity contribution in [2.24, 2.45) is 0 Å². The monoisotopic (exact) mass is 345 g/mol. The van der Waals surface area contributed by atoms with E-state index in [1.54, 1.807) is 6.07 Å². The van der Waals surface area contributed by atoms with Crippen molar-refractivity contribution in [2.45, 2.75) is 6.92 Å². The highest BCUT2D eigenvalue weighted by molar-refractivity contribution is 6.04. The molecule has 0 atom stereocenters. The molecular formula is C21H16FN3O. The van der Waals surface area contributed by atoms with Gasteiger partial charge in [0.05, 0.1) is 5.69 Å². The number of anilines is 1. The molecule has 26 heavy (non-hydrogen) atoms. The number of carbonyl (C=O) groups is 1. The summed E-state index contributed by atoms with van der Waals surface area (Å²) in [6.45, 7) is 2.02. The maximum atomic E-state index is 13.2. The first-order valence-corrected chi connectivity index (χ1v) is 8.22. The minimum absolute atomic E-state index is 0.282. The highest BCUT2D eigenvalue weighted by atomic mass is 19.1. The summed E-state index contributed by atoms with van der Waals surface area (Å²) >= 11 is 0. The third kappa shape index (κ3) is 3.07. The van der Waals surface area contributed by atoms with Crippen LogP contribution in [0.25, 0.3) is 16.9 Å². The van der Waals surface area contributed by atoms with Crippen LogP contribution in [0.1, 0.15) is 15.9 Å². The van der Waals surface area contributed by atoms with E-state index in [0.29, 0.717) is 5.69 Å². The van der Waals surface area contributed by atoms with Crippen molar-refractivity contribution in [2.75, 3.05) is 5.32 Å². The van der Waals surface area contributed by atoms with Crippen LogP contribution < -0.4 is 5.32 Å². The summed E-state index contributed by atoms with van der Waals surface area (Å²) in [6.07, 6.45) is 3.94. The molecule has 0 aliphatic heterocycles. The smallest absolute Gasteiger partial charge is 0.255 e. The van der Waals surface area contributed by atoms with E-state index in [4.69, 9.17) is 0 Å². The highest BCUT2D eigenvalue weighted by Crippen LogP contribution is 2.22. The van der Waals surface area contributed by atoms with Gasteiger partial charge in [-0.15, -0.1) is 0 Å². The first kappa shape index (κ1) is 16.0. The SMILES string of the molecule is Cc1cccn2cc(-c3ccc(NC(=O)c4cccc(F)c4)cc3)nc12. The molecule has 0 aliphatic carbocycles. The van der Waals surface area contributed by atoms with Crippen LogP contribution >= 0.6 is 0 Å². The molecule has 2 aromatic carbocycles. The number of hydrogen-bond donors (Lipinski definition) is 1. The minimum atomic E-state index is -0.435. The number of hydrogen-bond acceptors (Lipinski definition) is 2. The van der Waals surface area contributed by atoms with Gasteiger partial charge in [-0.2, -0.15) is 0 Å². The van der Waals surface area contributed by atoms with E-state index in [1.165, 1.54) is 18.2 Å². The second-order valence-electron chi connectivity index (χ2n) is 6.09. The Kier molecular flexibility index (Phi) is 3.97. The Morgan fingerprint density at radius 1 is 1.08 bits per heavy atom. The van der Waals surface area contributed by atoms with Crippen LogP contribution in [0.4, 0.5) is 10.1 Å². The van der Waals surface area contributed by atoms with Crippen LogP contribution in [-0.4, -0.2) is 15.3 Å². The Morgan fingerprint density at radius 2 is 1.88 bits per heavy atom. The van der Waals surface area contributed by atoms with E-state index in [1.807, 2.05) is 60.1 Å². The zero-order chi connectivity index (χ0) is 18.1. The first-order chi connectivity index (χ1) is 12.6. The lowest BCUT2D eigenvalue weighted by Gasteiger charge is -2.06. The molecule has 0 unspecified atom stereocenters. The van der Waals surface area contributed by atoms with E-state index in [-0.39, 0.29) is 11.5 Å². The van der Waals surface area contributed by atoms with E-state index < -0.39 is 5.82 Å². The molecule has 0 aliphatic rings. The number of imidazole rings is 1. The second kappa shape index (κ2) is 6.44. The zero-order valence-corrected chi connectivity index (χ0v) is 14.1. The normalized spacial score (nSPS) is 10.8. The van der Waals surface area contributed by atoms with Crippen molar-refractivity contribution in [3.63, 3.8) is 0 Å². The molecule has 0 radical (unpaired) electrons. The van der Waals surface area contributed by atoms with Gasteiger partial charge in [0, 0.05) is 29.2 Å². The third-order valence-electron chi connectivity index (χ3n) is 4.20. The minimum Gasteiger partial charge on any atom is -0.322 e. The summed E-state index contributed by atoms with van der Waals surface area (Å²) in [4.78, 5) is 16.8. The summed E-state index contributed by atoms with van der Waals surface area (Å²) in [5, 5.41) is 2.77. The summed E-state index contributed by atoms with van der Waals surface area (Å²) in [7, 11) is 0. The van der Waals surface area contributed by atoms with Crippen LogP contribution in [0.2, 0.25) is 0 Å². The maximum Gasteiger partial charge on any atom is 0.255 e. The predicted octanol–water partition coefficient (Wildman–Crippen LogP) is 4.70. The molecule has 0 saturated carbocycles. The molecule has 0 bridgehead atoms. The van der Waals surface area contributed by atoms with Crippen molar-refractivity contribution < 1.29 is 9.18 Å². The summed E-state index contributed by atoms with van der Waals surface area (Å²) in [6, 6.07) is 17.0. The number of halogens is 1. The van der Waals surface area contributed by atoms with Gasteiger partial charge in [0.25, 0.3) is 5.91 Å². The Hall–Kier alpha value is -3.47. The molecule has 0 saturated heterocycles. The number of fused-ring (bicyclic) bond motifs is 1. The van der Waals surface area contributed by atoms with Crippen LogP contribution in [0.5, 0.6) is 0 Å². The molecule has 1 amide bonds. The molecule has 0 fully saturated rings. The lowest BCUT2D eigenvalue weighted by atomic mass is 10.1. The van der Waals surface area contributed by atoms with Crippen LogP contribution in [0.3, 0.4) is 0 Å². The molecule has 5 heteroatoms. The molecule has 4 nitrogen and oxygen atoms in total. The number of nitrogens with zero attached hydrogens (tertiary/aromatic N) is 2. The second-order valence-corrected chi connectivity index (χ2v) is 6.09. The number of rotatable bonds is 3. The van der Waals surface area contributed by atoms with Crippen LogP contribution in [-0.2, 0) is 0 Å². The van der Waals surface area contributed by atoms with E-state index >= 15 is 0 Å². The zero-order valence-electron chi connectivity index (χ0n) is 14.1. The number of amides is 1. The maximum absolute atomic E-state index is 13.2. The van der Waals surface area contributed by atoms with E-state index in [9.17, 15) is 9.18 Å². The summed E-state index contributed by atoms with van der Waals surface area (Å²) < 4.78 is 15.2. The standard InChI is InChI=1S/C21H16FN3O/c1-14-4-3-11-25-13-19(24-20(14)25)15-7-9-18(10-8-15)23-21(26)16-5-2-6-17(22)12-16/h2-13H,1H3,(H,23,26). The molecule has 4 aromatic rings. The van der Waals surface area contributed by atoms with Gasteiger partial charge in [-0.25, -0.2) is 9.37 Å². The lowest BCUT2D eigenvalue weighted by molar-refractivity contribution is 0.102. The molecule has 2 aromatic heterocycles. The summed E-state index contributed by atoms with van der Waals surface area (Å²) in [5.74, 6) is -0.782. The van der Waals surface area contributed by atoms with Crippen molar-refractivity contribution in [3.05, 3.63) is 90.0 Å². The fraction of sp³-hybridized carbons (Fsp3) is 0.0476. The van der Waals surface area contributed by atoms with E-state index in [0.717, 1.165) is 22.5 Å². The average Bonchev–Trinajstić information content (AvgIpc) is 3.08. The summed E-state index contributed by atoms with van der Waals surface area (Å²) in [5.41, 5.74) is 4.77. The molecular weight excluding hydrogens is 329 g/mol. The third-order valence-corrected chi connectivity index (χ3v) is 4.20. The van der Waals surface area contributed by atoms with Crippen LogP contribution in [0.15, 0.2) is 73.1 Å². The number of aromatic nitrogens is 2. The highest BCUT2D eigenvalue weighted by Gasteiger charge is 2.09. The largest absolute Gasteiger partial charge is 0.322 e. The van der Waals surface area contributed by atoms with Gasteiger partial charge in [-0.1, -0.05) is 24.3 Å². The molecule has 128 valence electrons.